The van der Waals surface area contributed by atoms with E-state index < -0.39 is 77.3 Å². The van der Waals surface area contributed by atoms with Crippen LogP contribution in [0, 0.1) is 50.2 Å². The minimum atomic E-state index is -1.44. The smallest absolute Gasteiger partial charge is 0.313 e. The number of benzene rings is 2. The van der Waals surface area contributed by atoms with E-state index in [-0.39, 0.29) is 63.8 Å². The molecule has 1 saturated heterocycles. The molecule has 0 bridgehead atoms. The van der Waals surface area contributed by atoms with E-state index in [1.165, 1.54) is 26.3 Å². The highest BCUT2D eigenvalue weighted by atomic mass is 16.7. The Morgan fingerprint density at radius 2 is 1.33 bits per heavy atom. The molecule has 2 aromatic rings. The van der Waals surface area contributed by atoms with Crippen molar-refractivity contribution in [3.8, 4) is 0 Å². The minimum Gasteiger partial charge on any atom is -0.463 e. The number of rotatable bonds is 10. The summed E-state index contributed by atoms with van der Waals surface area (Å²) >= 11 is 0. The molecule has 13 nitrogen and oxygen atoms in total. The molecule has 2 aliphatic heterocycles. The van der Waals surface area contributed by atoms with Gasteiger partial charge >= 0.3 is 23.9 Å². The van der Waals surface area contributed by atoms with Gasteiger partial charge in [-0.1, -0.05) is 103 Å². The SMILES string of the molecule is CC(=O)OC[C@H]1O[C@@H](O[C@H]2CC[C@]3(C)[C@H]4CC=C5[C@H]6CC(C)(C)CC[C@]6(C(=O)OCc6ccccc6)CC[C@@]5(C)[C@]4(C)CC[C@H]3C2(C)C)[C@H](N2C(=O)c3ccccc3C2=O)[C@@H](OC(C)=O)[C@@H]1OC(C)=O. The first kappa shape index (κ1) is 50.1. The van der Waals surface area contributed by atoms with Gasteiger partial charge in [0.15, 0.2) is 18.5 Å². The molecule has 5 fully saturated rings. The number of nitrogens with zero attached hydrogens (tertiary/aromatic N) is 1. The lowest BCUT2D eigenvalue weighted by molar-refractivity contribution is -0.316. The average Bonchev–Trinajstić information content (AvgIpc) is 3.54. The molecular weight excluding hydrogens is 891 g/mol. The zero-order valence-corrected chi connectivity index (χ0v) is 42.8. The van der Waals surface area contributed by atoms with Gasteiger partial charge in [-0.05, 0) is 127 Å². The van der Waals surface area contributed by atoms with Gasteiger partial charge in [0.05, 0.1) is 22.6 Å². The number of carbonyl (C=O) groups excluding carboxylic acids is 6. The van der Waals surface area contributed by atoms with E-state index in [9.17, 15) is 28.8 Å². The third-order valence-corrected chi connectivity index (χ3v) is 19.3. The molecule has 13 heteroatoms. The van der Waals surface area contributed by atoms with Gasteiger partial charge in [0.2, 0.25) is 0 Å². The van der Waals surface area contributed by atoms with Crippen LogP contribution in [0.4, 0.5) is 0 Å². The highest BCUT2D eigenvalue weighted by Crippen LogP contribution is 2.76. The summed E-state index contributed by atoms with van der Waals surface area (Å²) < 4.78 is 37.3. The van der Waals surface area contributed by atoms with Crippen LogP contribution in [0.15, 0.2) is 66.2 Å². The Balaban J connectivity index is 1.03. The van der Waals surface area contributed by atoms with Crippen molar-refractivity contribution >= 4 is 35.7 Å². The van der Waals surface area contributed by atoms with Crippen LogP contribution in [0.1, 0.15) is 160 Å². The molecule has 9 rings (SSSR count). The highest BCUT2D eigenvalue weighted by Gasteiger charge is 2.70. The van der Waals surface area contributed by atoms with E-state index in [4.69, 9.17) is 28.4 Å². The molecule has 5 aliphatic carbocycles. The molecule has 13 atom stereocenters. The van der Waals surface area contributed by atoms with E-state index in [1.807, 2.05) is 30.3 Å². The largest absolute Gasteiger partial charge is 0.463 e. The van der Waals surface area contributed by atoms with Crippen LogP contribution in [-0.4, -0.2) is 83.9 Å². The first-order valence-corrected chi connectivity index (χ1v) is 25.6. The second-order valence-corrected chi connectivity index (χ2v) is 23.9. The van der Waals surface area contributed by atoms with E-state index in [0.29, 0.717) is 12.3 Å². The van der Waals surface area contributed by atoms with Crippen molar-refractivity contribution in [2.24, 2.45) is 50.2 Å². The van der Waals surface area contributed by atoms with Crippen LogP contribution in [0.2, 0.25) is 0 Å². The predicted molar refractivity (Wildman–Crippen MR) is 257 cm³/mol. The van der Waals surface area contributed by atoms with Crippen LogP contribution >= 0.6 is 0 Å². The predicted octanol–water partition coefficient (Wildman–Crippen LogP) is 9.73. The summed E-state index contributed by atoms with van der Waals surface area (Å²) in [6, 6.07) is 15.1. The van der Waals surface area contributed by atoms with Gasteiger partial charge in [0.25, 0.3) is 11.8 Å². The first-order valence-electron chi connectivity index (χ1n) is 25.6. The molecule has 378 valence electrons. The fourth-order valence-corrected chi connectivity index (χ4v) is 15.6. The number of carbonyl (C=O) groups is 6. The van der Waals surface area contributed by atoms with Crippen LogP contribution in [-0.2, 0) is 54.2 Å². The molecule has 2 amide bonds. The first-order chi connectivity index (χ1) is 33.0. The topological polar surface area (TPSA) is 161 Å². The fourth-order valence-electron chi connectivity index (χ4n) is 15.6. The average molecular weight is 964 g/mol. The van der Waals surface area contributed by atoms with Crippen molar-refractivity contribution in [1.29, 1.82) is 0 Å². The number of hydrogen-bond acceptors (Lipinski definition) is 12. The van der Waals surface area contributed by atoms with Gasteiger partial charge < -0.3 is 28.4 Å². The second-order valence-electron chi connectivity index (χ2n) is 23.9. The van der Waals surface area contributed by atoms with E-state index >= 15 is 0 Å². The zero-order chi connectivity index (χ0) is 50.3. The Hall–Kier alpha value is -4.88. The van der Waals surface area contributed by atoms with Gasteiger partial charge in [0.1, 0.15) is 25.4 Å². The van der Waals surface area contributed by atoms with Crippen molar-refractivity contribution in [2.75, 3.05) is 6.61 Å². The molecule has 2 aromatic carbocycles. The molecule has 0 aromatic heterocycles. The fraction of sp³-hybridized carbons (Fsp3) is 0.649. The Bertz CT molecular complexity index is 2430. The van der Waals surface area contributed by atoms with E-state index in [0.717, 1.165) is 68.3 Å². The number of fused-ring (bicyclic) bond motifs is 8. The third kappa shape index (κ3) is 8.13. The molecule has 2 heterocycles. The molecule has 0 unspecified atom stereocenters. The quantitative estimate of drug-likeness (QED) is 0.0730. The van der Waals surface area contributed by atoms with Crippen molar-refractivity contribution in [3.05, 3.63) is 82.9 Å². The van der Waals surface area contributed by atoms with Gasteiger partial charge in [-0.15, -0.1) is 0 Å². The van der Waals surface area contributed by atoms with Crippen LogP contribution in [0.3, 0.4) is 0 Å². The van der Waals surface area contributed by atoms with Gasteiger partial charge in [-0.3, -0.25) is 33.7 Å². The number of allylic oxidation sites excluding steroid dienone is 2. The summed E-state index contributed by atoms with van der Waals surface area (Å²) in [5.74, 6) is -2.75. The summed E-state index contributed by atoms with van der Waals surface area (Å²) in [5, 5.41) is 0. The van der Waals surface area contributed by atoms with Crippen LogP contribution in [0.5, 0.6) is 0 Å². The lowest BCUT2D eigenvalue weighted by Gasteiger charge is -2.71. The maximum absolute atomic E-state index is 14.6. The normalized spacial score (nSPS) is 38.1. The number of esters is 4. The van der Waals surface area contributed by atoms with Crippen LogP contribution < -0.4 is 0 Å². The molecule has 0 radical (unpaired) electrons. The number of ether oxygens (including phenoxy) is 6. The zero-order valence-electron chi connectivity index (χ0n) is 42.8. The van der Waals surface area contributed by atoms with Gasteiger partial charge in [-0.2, -0.15) is 0 Å². The molecular formula is C57H73NO12. The van der Waals surface area contributed by atoms with Crippen LogP contribution in [0.25, 0.3) is 0 Å². The summed E-state index contributed by atoms with van der Waals surface area (Å²) in [6.45, 7) is 20.3. The second kappa shape index (κ2) is 18.0. The highest BCUT2D eigenvalue weighted by molar-refractivity contribution is 6.21. The molecule has 7 aliphatic rings. The molecule has 70 heavy (non-hydrogen) atoms. The van der Waals surface area contributed by atoms with Gasteiger partial charge in [0, 0.05) is 20.8 Å². The summed E-state index contributed by atoms with van der Waals surface area (Å²) in [6.07, 6.45) is 5.53. The number of hydrogen-bond donors (Lipinski definition) is 0. The Kier molecular flexibility index (Phi) is 12.9. The Morgan fingerprint density at radius 3 is 1.97 bits per heavy atom. The Labute approximate surface area is 413 Å². The third-order valence-electron chi connectivity index (χ3n) is 19.3. The summed E-state index contributed by atoms with van der Waals surface area (Å²) in [5.41, 5.74) is 1.61. The summed E-state index contributed by atoms with van der Waals surface area (Å²) in [7, 11) is 0. The lowest BCUT2D eigenvalue weighted by Crippen LogP contribution is -2.69. The van der Waals surface area contributed by atoms with Gasteiger partial charge in [-0.25, -0.2) is 0 Å². The van der Waals surface area contributed by atoms with E-state index in [1.54, 1.807) is 24.3 Å². The number of imide groups is 1. The molecule has 0 spiro atoms. The van der Waals surface area contributed by atoms with Crippen molar-refractivity contribution in [2.45, 2.75) is 177 Å². The molecule has 0 N–H and O–H groups in total. The maximum Gasteiger partial charge on any atom is 0.313 e. The van der Waals surface area contributed by atoms with Crippen molar-refractivity contribution < 1.29 is 57.2 Å². The van der Waals surface area contributed by atoms with E-state index in [2.05, 4.69) is 54.5 Å². The minimum absolute atomic E-state index is 0.0474. The summed E-state index contributed by atoms with van der Waals surface area (Å²) in [4.78, 5) is 82.2. The Morgan fingerprint density at radius 1 is 0.700 bits per heavy atom. The van der Waals surface area contributed by atoms with Crippen molar-refractivity contribution in [1.82, 2.24) is 4.90 Å². The lowest BCUT2D eigenvalue weighted by atomic mass is 9.33. The standard InChI is InChI=1S/C57H73NO12/c1-33(59)65-32-41-46(67-34(2)60)47(68-35(3)61)45(58-48(62)37-18-14-15-19-38(37)49(58)63)50(69-41)70-44-23-24-54(8)42(53(44,6)7)22-25-56(10)43(54)21-20-39-40-30-52(4,5)26-28-57(40,29-27-55(39,56)9)51(64)66-31-36-16-12-11-13-17-36/h11-20,40-47,50H,21-32H2,1-10H3/t40-,41-,42+,43-,44+,45-,46-,47-,50+,54+,55-,56-,57+/m1/s1. The monoisotopic (exact) mass is 964 g/mol. The van der Waals surface area contributed by atoms with Crippen molar-refractivity contribution in [3.63, 3.8) is 0 Å². The number of amides is 2. The maximum atomic E-state index is 14.6. The molecule has 4 saturated carbocycles.